The molecule has 0 saturated carbocycles. The molecule has 1 aromatic rings. The maximum absolute atomic E-state index is 11.9. The fourth-order valence-electron chi connectivity index (χ4n) is 1.50. The van der Waals surface area contributed by atoms with Crippen LogP contribution in [0.1, 0.15) is 13.3 Å². The van der Waals surface area contributed by atoms with E-state index in [1.165, 1.54) is 24.6 Å². The molecule has 0 aliphatic rings. The van der Waals surface area contributed by atoms with E-state index in [2.05, 4.69) is 23.5 Å². The molecule has 0 bridgehead atoms. The van der Waals surface area contributed by atoms with Gasteiger partial charge in [0.2, 0.25) is 10.0 Å². The lowest BCUT2D eigenvalue weighted by atomic mass is 10.2. The lowest BCUT2D eigenvalue weighted by Gasteiger charge is -2.17. The van der Waals surface area contributed by atoms with Gasteiger partial charge in [-0.25, -0.2) is 17.7 Å². The molecule has 1 heterocycles. The maximum atomic E-state index is 11.9. The number of nitrogens with zero attached hydrogens (tertiary/aromatic N) is 2. The first kappa shape index (κ1) is 16.3. The van der Waals surface area contributed by atoms with Crippen molar-refractivity contribution in [1.29, 1.82) is 0 Å². The Labute approximate surface area is 119 Å². The fraction of sp³-hybridized carbons (Fsp3) is 0.583. The standard InChI is InChI=1S/C12H21N3O2S2/c1-5-10(9-18-4)14-12-7-6-11(8-13-12)19(16,17)15(2)3/h6-8,10H,5,9H2,1-4H3,(H,13,14). The van der Waals surface area contributed by atoms with Gasteiger partial charge in [0.15, 0.2) is 0 Å². The molecule has 0 saturated heterocycles. The monoisotopic (exact) mass is 303 g/mol. The summed E-state index contributed by atoms with van der Waals surface area (Å²) in [5.41, 5.74) is 0. The van der Waals surface area contributed by atoms with E-state index in [0.29, 0.717) is 11.9 Å². The van der Waals surface area contributed by atoms with E-state index in [-0.39, 0.29) is 4.90 Å². The average molecular weight is 303 g/mol. The van der Waals surface area contributed by atoms with Crippen LogP contribution in [0.2, 0.25) is 0 Å². The molecule has 108 valence electrons. The first-order valence-corrected chi connectivity index (χ1v) is 8.89. The molecule has 1 aromatic heterocycles. The number of nitrogens with one attached hydrogen (secondary N) is 1. The predicted molar refractivity (Wildman–Crippen MR) is 81.2 cm³/mol. The van der Waals surface area contributed by atoms with Crippen LogP contribution in [0.4, 0.5) is 5.82 Å². The highest BCUT2D eigenvalue weighted by Gasteiger charge is 2.17. The Hall–Kier alpha value is -0.790. The molecule has 0 spiro atoms. The number of thioether (sulfide) groups is 1. The van der Waals surface area contributed by atoms with Gasteiger partial charge in [-0.1, -0.05) is 6.92 Å². The maximum Gasteiger partial charge on any atom is 0.244 e. The van der Waals surface area contributed by atoms with Crippen molar-refractivity contribution in [2.45, 2.75) is 24.3 Å². The largest absolute Gasteiger partial charge is 0.367 e. The summed E-state index contributed by atoms with van der Waals surface area (Å²) in [6.45, 7) is 2.11. The minimum Gasteiger partial charge on any atom is -0.367 e. The molecular formula is C12H21N3O2S2. The van der Waals surface area contributed by atoms with Gasteiger partial charge in [-0.2, -0.15) is 11.8 Å². The smallest absolute Gasteiger partial charge is 0.244 e. The van der Waals surface area contributed by atoms with Crippen molar-refractivity contribution >= 4 is 27.6 Å². The zero-order valence-electron chi connectivity index (χ0n) is 11.8. The molecular weight excluding hydrogens is 282 g/mol. The van der Waals surface area contributed by atoms with Crippen LogP contribution < -0.4 is 5.32 Å². The van der Waals surface area contributed by atoms with E-state index < -0.39 is 10.0 Å². The van der Waals surface area contributed by atoms with E-state index >= 15 is 0 Å². The summed E-state index contributed by atoms with van der Waals surface area (Å²) in [5, 5.41) is 3.30. The first-order chi connectivity index (χ1) is 8.91. The molecule has 0 aromatic carbocycles. The number of anilines is 1. The Morgan fingerprint density at radius 2 is 2.11 bits per heavy atom. The predicted octanol–water partition coefficient (Wildman–Crippen LogP) is 1.89. The van der Waals surface area contributed by atoms with Crippen LogP contribution in [0.25, 0.3) is 0 Å². The average Bonchev–Trinajstić information content (AvgIpc) is 2.38. The van der Waals surface area contributed by atoms with E-state index in [1.54, 1.807) is 23.9 Å². The van der Waals surface area contributed by atoms with Crippen LogP contribution in [-0.4, -0.2) is 49.9 Å². The number of rotatable bonds is 7. The summed E-state index contributed by atoms with van der Waals surface area (Å²) < 4.78 is 25.0. The zero-order valence-corrected chi connectivity index (χ0v) is 13.4. The van der Waals surface area contributed by atoms with E-state index in [0.717, 1.165) is 12.2 Å². The molecule has 0 radical (unpaired) electrons. The van der Waals surface area contributed by atoms with Crippen molar-refractivity contribution in [2.24, 2.45) is 0 Å². The lowest BCUT2D eigenvalue weighted by Crippen LogP contribution is -2.23. The third kappa shape index (κ3) is 4.36. The molecule has 7 heteroatoms. The SMILES string of the molecule is CCC(CSC)Nc1ccc(S(=O)(=O)N(C)C)cn1. The van der Waals surface area contributed by atoms with Crippen molar-refractivity contribution < 1.29 is 8.42 Å². The molecule has 1 N–H and O–H groups in total. The second-order valence-electron chi connectivity index (χ2n) is 4.37. The van der Waals surface area contributed by atoms with Crippen LogP contribution in [0.5, 0.6) is 0 Å². The minimum atomic E-state index is -3.40. The summed E-state index contributed by atoms with van der Waals surface area (Å²) in [5.74, 6) is 1.70. The quantitative estimate of drug-likeness (QED) is 0.833. The second-order valence-corrected chi connectivity index (χ2v) is 7.43. The molecule has 0 aliphatic heterocycles. The number of hydrogen-bond donors (Lipinski definition) is 1. The van der Waals surface area contributed by atoms with Gasteiger partial charge in [0, 0.05) is 32.1 Å². The third-order valence-electron chi connectivity index (χ3n) is 2.73. The van der Waals surface area contributed by atoms with Gasteiger partial charge in [-0.3, -0.25) is 0 Å². The Morgan fingerprint density at radius 3 is 2.53 bits per heavy atom. The van der Waals surface area contributed by atoms with Gasteiger partial charge in [0.25, 0.3) is 0 Å². The first-order valence-electron chi connectivity index (χ1n) is 6.05. The fourth-order valence-corrected chi connectivity index (χ4v) is 3.07. The third-order valence-corrected chi connectivity index (χ3v) is 5.26. The summed E-state index contributed by atoms with van der Waals surface area (Å²) >= 11 is 1.77. The molecule has 19 heavy (non-hydrogen) atoms. The van der Waals surface area contributed by atoms with Crippen LogP contribution in [0.3, 0.4) is 0 Å². The minimum absolute atomic E-state index is 0.209. The van der Waals surface area contributed by atoms with Crippen LogP contribution in [-0.2, 0) is 10.0 Å². The van der Waals surface area contributed by atoms with Gasteiger partial charge in [0.1, 0.15) is 10.7 Å². The van der Waals surface area contributed by atoms with Gasteiger partial charge in [0.05, 0.1) is 0 Å². The van der Waals surface area contributed by atoms with Crippen molar-refractivity contribution in [3.63, 3.8) is 0 Å². The van der Waals surface area contributed by atoms with E-state index in [1.807, 2.05) is 0 Å². The molecule has 1 rings (SSSR count). The molecule has 0 aliphatic carbocycles. The number of pyridine rings is 1. The summed E-state index contributed by atoms with van der Waals surface area (Å²) in [6.07, 6.45) is 4.45. The number of aromatic nitrogens is 1. The Morgan fingerprint density at radius 1 is 1.42 bits per heavy atom. The Kier molecular flexibility index (Phi) is 6.09. The van der Waals surface area contributed by atoms with Gasteiger partial charge < -0.3 is 5.32 Å². The van der Waals surface area contributed by atoms with Gasteiger partial charge in [-0.15, -0.1) is 0 Å². The molecule has 5 nitrogen and oxygen atoms in total. The number of sulfonamides is 1. The highest BCUT2D eigenvalue weighted by atomic mass is 32.2. The highest BCUT2D eigenvalue weighted by Crippen LogP contribution is 2.15. The van der Waals surface area contributed by atoms with Crippen LogP contribution >= 0.6 is 11.8 Å². The molecule has 1 unspecified atom stereocenters. The molecule has 1 atom stereocenters. The van der Waals surface area contributed by atoms with Gasteiger partial charge >= 0.3 is 0 Å². The topological polar surface area (TPSA) is 62.3 Å². The summed E-state index contributed by atoms with van der Waals surface area (Å²) in [6, 6.07) is 3.63. The van der Waals surface area contributed by atoms with Crippen LogP contribution in [0.15, 0.2) is 23.2 Å². The van der Waals surface area contributed by atoms with Crippen molar-refractivity contribution in [3.8, 4) is 0 Å². The van der Waals surface area contributed by atoms with Crippen molar-refractivity contribution in [3.05, 3.63) is 18.3 Å². The van der Waals surface area contributed by atoms with Gasteiger partial charge in [-0.05, 0) is 24.8 Å². The Bertz CT molecular complexity index is 486. The second kappa shape index (κ2) is 7.12. The Balaban J connectivity index is 2.82. The summed E-state index contributed by atoms with van der Waals surface area (Å²) in [4.78, 5) is 4.38. The molecule has 0 fully saturated rings. The van der Waals surface area contributed by atoms with Crippen LogP contribution in [0, 0.1) is 0 Å². The van der Waals surface area contributed by atoms with Crippen molar-refractivity contribution in [1.82, 2.24) is 9.29 Å². The van der Waals surface area contributed by atoms with E-state index in [4.69, 9.17) is 0 Å². The van der Waals surface area contributed by atoms with Crippen molar-refractivity contribution in [2.75, 3.05) is 31.4 Å². The van der Waals surface area contributed by atoms with E-state index in [9.17, 15) is 8.42 Å². The zero-order chi connectivity index (χ0) is 14.5. The normalized spacial score (nSPS) is 13.5. The summed E-state index contributed by atoms with van der Waals surface area (Å²) in [7, 11) is -0.385. The number of hydrogen-bond acceptors (Lipinski definition) is 5. The molecule has 0 amide bonds. The lowest BCUT2D eigenvalue weighted by molar-refractivity contribution is 0.520. The highest BCUT2D eigenvalue weighted by molar-refractivity contribution is 7.98.